The molecule has 2 aliphatic rings. The van der Waals surface area contributed by atoms with E-state index in [1.807, 2.05) is 32.1 Å². The van der Waals surface area contributed by atoms with Gasteiger partial charge in [0, 0.05) is 36.6 Å². The van der Waals surface area contributed by atoms with Crippen molar-refractivity contribution in [3.8, 4) is 0 Å². The summed E-state index contributed by atoms with van der Waals surface area (Å²) in [4.78, 5) is 17.8. The molecule has 2 rings (SSSR count). The van der Waals surface area contributed by atoms with E-state index in [9.17, 15) is 4.79 Å². The average Bonchev–Trinajstić information content (AvgIpc) is 3.11. The van der Waals surface area contributed by atoms with Crippen LogP contribution in [0.3, 0.4) is 0 Å². The Bertz CT molecular complexity index is 806. The fourth-order valence-electron chi connectivity index (χ4n) is 4.74. The number of carbonyl (C=O) groups excluding carboxylic acids is 1. The van der Waals surface area contributed by atoms with Gasteiger partial charge in [0.05, 0.1) is 5.92 Å². The molecule has 0 aromatic heterocycles. The lowest BCUT2D eigenvalue weighted by Gasteiger charge is -2.37. The first-order valence-corrected chi connectivity index (χ1v) is 13.0. The second-order valence-electron chi connectivity index (χ2n) is 9.21. The number of hydrogen-bond donors (Lipinski definition) is 1. The van der Waals surface area contributed by atoms with Crippen molar-refractivity contribution in [3.63, 3.8) is 0 Å². The van der Waals surface area contributed by atoms with Gasteiger partial charge in [-0.05, 0) is 64.6 Å². The Morgan fingerprint density at radius 2 is 1.85 bits per heavy atom. The first-order chi connectivity index (χ1) is 16.5. The first kappa shape index (κ1) is 27.7. The summed E-state index contributed by atoms with van der Waals surface area (Å²) < 4.78 is 0. The molecule has 0 spiro atoms. The predicted octanol–water partition coefficient (Wildman–Crippen LogP) is 6.36. The average molecular weight is 464 g/mol. The van der Waals surface area contributed by atoms with Crippen LogP contribution in [0.5, 0.6) is 0 Å². The molecule has 0 saturated carbocycles. The summed E-state index contributed by atoms with van der Waals surface area (Å²) in [5.74, 6) is 0.767. The van der Waals surface area contributed by atoms with Crippen molar-refractivity contribution < 1.29 is 4.79 Å². The van der Waals surface area contributed by atoms with E-state index in [1.165, 1.54) is 0 Å². The smallest absolute Gasteiger partial charge is 0.224 e. The van der Waals surface area contributed by atoms with Gasteiger partial charge in [0.2, 0.25) is 5.91 Å². The molecular weight excluding hydrogens is 418 g/mol. The van der Waals surface area contributed by atoms with Gasteiger partial charge in [0.15, 0.2) is 0 Å². The Hall–Kier alpha value is -2.59. The van der Waals surface area contributed by atoms with Crippen molar-refractivity contribution in [1.82, 2.24) is 15.1 Å². The number of nitrogens with one attached hydrogen (secondary N) is 1. The van der Waals surface area contributed by atoms with Crippen molar-refractivity contribution in [3.05, 3.63) is 84.9 Å². The lowest BCUT2D eigenvalue weighted by Crippen LogP contribution is -2.44. The molecule has 1 unspecified atom stereocenters. The third kappa shape index (κ3) is 8.64. The Labute approximate surface area is 208 Å². The van der Waals surface area contributed by atoms with Crippen molar-refractivity contribution in [2.45, 2.75) is 53.4 Å². The second-order valence-corrected chi connectivity index (χ2v) is 9.21. The van der Waals surface area contributed by atoms with Crippen LogP contribution in [0.25, 0.3) is 0 Å². The van der Waals surface area contributed by atoms with Crippen LogP contribution >= 0.6 is 0 Å². The van der Waals surface area contributed by atoms with Crippen molar-refractivity contribution >= 4 is 5.91 Å². The van der Waals surface area contributed by atoms with Crippen LogP contribution in [0.15, 0.2) is 84.9 Å². The molecule has 1 N–H and O–H groups in total. The van der Waals surface area contributed by atoms with Gasteiger partial charge in [-0.25, -0.2) is 0 Å². The lowest BCUT2D eigenvalue weighted by atomic mass is 9.75. The second kappa shape index (κ2) is 15.3. The largest absolute Gasteiger partial charge is 0.356 e. The summed E-state index contributed by atoms with van der Waals surface area (Å²) in [6, 6.07) is 0. The molecule has 1 fully saturated rings. The van der Waals surface area contributed by atoms with E-state index in [0.717, 1.165) is 63.3 Å². The van der Waals surface area contributed by atoms with Gasteiger partial charge in [-0.15, -0.1) is 0 Å². The van der Waals surface area contributed by atoms with E-state index >= 15 is 0 Å². The third-order valence-electron chi connectivity index (χ3n) is 6.46. The molecule has 0 aromatic rings. The minimum Gasteiger partial charge on any atom is -0.356 e. The molecule has 1 atom stereocenters. The standard InChI is InChI=1S/C30H45N3O/c1-6-14-28(33(21-8-3)25(4)5)17-13-22-32-23-18-27(19-24-32)29(30(34)31-20-7-2)26-15-11-9-10-12-16-26/h8-17,21,26-27,29H,4,6-7,18-20,22-24H2,1-3,5H3,(H,31,34)/b17-13-,21-8-,28-14+. The SMILES string of the molecule is C=C(C)N(/C=C\C)C(/C=C\CN1CCC(C(C(=O)NCCC)C2C=CC=CC=C2)CC1)=C/CC. The Morgan fingerprint density at radius 3 is 2.41 bits per heavy atom. The molecule has 186 valence electrons. The number of likely N-dealkylation sites (tertiary alicyclic amines) is 1. The molecule has 1 saturated heterocycles. The number of rotatable bonds is 12. The van der Waals surface area contributed by atoms with E-state index in [4.69, 9.17) is 0 Å². The minimum atomic E-state index is 0.000637. The fourth-order valence-corrected chi connectivity index (χ4v) is 4.74. The molecule has 4 heteroatoms. The predicted molar refractivity (Wildman–Crippen MR) is 146 cm³/mol. The zero-order chi connectivity index (χ0) is 24.8. The van der Waals surface area contributed by atoms with Crippen molar-refractivity contribution in [2.24, 2.45) is 17.8 Å². The van der Waals surface area contributed by atoms with Gasteiger partial charge in [0.1, 0.15) is 0 Å². The fraction of sp³-hybridized carbons (Fsp3) is 0.500. The highest BCUT2D eigenvalue weighted by Crippen LogP contribution is 2.33. The zero-order valence-electron chi connectivity index (χ0n) is 21.7. The topological polar surface area (TPSA) is 35.6 Å². The van der Waals surface area contributed by atoms with Crippen LogP contribution in [0.4, 0.5) is 0 Å². The van der Waals surface area contributed by atoms with Gasteiger partial charge >= 0.3 is 0 Å². The van der Waals surface area contributed by atoms with Gasteiger partial charge in [0.25, 0.3) is 0 Å². The highest BCUT2D eigenvalue weighted by atomic mass is 16.1. The van der Waals surface area contributed by atoms with Crippen molar-refractivity contribution in [1.29, 1.82) is 0 Å². The van der Waals surface area contributed by atoms with E-state index in [-0.39, 0.29) is 17.7 Å². The molecule has 4 nitrogen and oxygen atoms in total. The number of hydrogen-bond acceptors (Lipinski definition) is 3. The number of amides is 1. The summed E-state index contributed by atoms with van der Waals surface area (Å²) in [5, 5.41) is 3.17. The van der Waals surface area contributed by atoms with Crippen LogP contribution in [-0.4, -0.2) is 41.9 Å². The maximum Gasteiger partial charge on any atom is 0.224 e. The number of nitrogens with zero attached hydrogens (tertiary/aromatic N) is 2. The normalized spacial score (nSPS) is 19.1. The van der Waals surface area contributed by atoms with Crippen LogP contribution in [-0.2, 0) is 4.79 Å². The number of piperidine rings is 1. The van der Waals surface area contributed by atoms with E-state index in [2.05, 4.69) is 84.3 Å². The van der Waals surface area contributed by atoms with Gasteiger partial charge in [-0.2, -0.15) is 0 Å². The van der Waals surface area contributed by atoms with Crippen LogP contribution in [0.1, 0.15) is 53.4 Å². The summed E-state index contributed by atoms with van der Waals surface area (Å²) >= 11 is 0. The highest BCUT2D eigenvalue weighted by molar-refractivity contribution is 5.80. The molecule has 1 aliphatic carbocycles. The molecule has 0 radical (unpaired) electrons. The van der Waals surface area contributed by atoms with E-state index in [0.29, 0.717) is 5.92 Å². The zero-order valence-corrected chi connectivity index (χ0v) is 21.7. The Morgan fingerprint density at radius 1 is 1.18 bits per heavy atom. The molecule has 0 bridgehead atoms. The molecule has 1 amide bonds. The van der Waals surface area contributed by atoms with Gasteiger partial charge < -0.3 is 10.2 Å². The highest BCUT2D eigenvalue weighted by Gasteiger charge is 2.35. The summed E-state index contributed by atoms with van der Waals surface area (Å²) in [6.07, 6.45) is 27.5. The van der Waals surface area contributed by atoms with E-state index < -0.39 is 0 Å². The van der Waals surface area contributed by atoms with Crippen LogP contribution in [0.2, 0.25) is 0 Å². The molecule has 34 heavy (non-hydrogen) atoms. The maximum atomic E-state index is 13.1. The number of carbonyl (C=O) groups is 1. The van der Waals surface area contributed by atoms with Crippen LogP contribution < -0.4 is 5.32 Å². The Kier molecular flexibility index (Phi) is 12.5. The van der Waals surface area contributed by atoms with E-state index in [1.54, 1.807) is 0 Å². The quantitative estimate of drug-likeness (QED) is 0.342. The molecular formula is C30H45N3O. The maximum absolute atomic E-state index is 13.1. The summed E-state index contributed by atoms with van der Waals surface area (Å²) in [6.45, 7) is 16.2. The summed E-state index contributed by atoms with van der Waals surface area (Å²) in [5.41, 5.74) is 2.17. The van der Waals surface area contributed by atoms with Gasteiger partial charge in [-0.3, -0.25) is 9.69 Å². The molecule has 1 aliphatic heterocycles. The number of allylic oxidation sites excluding steroid dienone is 10. The Balaban J connectivity index is 2.00. The van der Waals surface area contributed by atoms with Gasteiger partial charge in [-0.1, -0.05) is 75.1 Å². The molecule has 0 aromatic carbocycles. The van der Waals surface area contributed by atoms with Crippen molar-refractivity contribution in [2.75, 3.05) is 26.2 Å². The minimum absolute atomic E-state index is 0.000637. The monoisotopic (exact) mass is 463 g/mol. The third-order valence-corrected chi connectivity index (χ3v) is 6.46. The molecule has 1 heterocycles. The summed E-state index contributed by atoms with van der Waals surface area (Å²) in [7, 11) is 0. The lowest BCUT2D eigenvalue weighted by molar-refractivity contribution is -0.128. The first-order valence-electron chi connectivity index (χ1n) is 13.0. The van der Waals surface area contributed by atoms with Crippen LogP contribution in [0, 0.1) is 17.8 Å².